The summed E-state index contributed by atoms with van der Waals surface area (Å²) in [6.45, 7) is 5.32. The summed E-state index contributed by atoms with van der Waals surface area (Å²) in [5.74, 6) is 0.301. The molecule has 0 unspecified atom stereocenters. The van der Waals surface area contributed by atoms with Gasteiger partial charge < -0.3 is 10.1 Å². The second-order valence-electron chi connectivity index (χ2n) is 5.58. The average molecular weight is 290 g/mol. The molecule has 1 aromatic carbocycles. The van der Waals surface area contributed by atoms with Crippen LogP contribution in [0.5, 0.6) is 5.75 Å². The molecular formula is C16H22N2O3. The number of nitrogens with zero attached hydrogens (tertiary/aromatic N) is 1. The van der Waals surface area contributed by atoms with E-state index in [0.717, 1.165) is 12.8 Å². The van der Waals surface area contributed by atoms with Crippen LogP contribution in [0.3, 0.4) is 0 Å². The number of benzene rings is 1. The van der Waals surface area contributed by atoms with E-state index in [9.17, 15) is 9.59 Å². The van der Waals surface area contributed by atoms with E-state index >= 15 is 0 Å². The lowest BCUT2D eigenvalue weighted by atomic mass is 10.2. The van der Waals surface area contributed by atoms with Crippen LogP contribution in [-0.2, 0) is 9.59 Å². The van der Waals surface area contributed by atoms with Crippen molar-refractivity contribution >= 4 is 17.5 Å². The van der Waals surface area contributed by atoms with Gasteiger partial charge in [-0.25, -0.2) is 0 Å². The van der Waals surface area contributed by atoms with Gasteiger partial charge in [-0.05, 0) is 38.8 Å². The predicted molar refractivity (Wildman–Crippen MR) is 81.4 cm³/mol. The molecule has 1 aliphatic carbocycles. The number of rotatable bonds is 6. The number of hydrogen-bond donors (Lipinski definition) is 1. The zero-order chi connectivity index (χ0) is 15.4. The normalized spacial score (nSPS) is 13.9. The molecule has 5 nitrogen and oxygen atoms in total. The fourth-order valence-corrected chi connectivity index (χ4v) is 2.04. The van der Waals surface area contributed by atoms with Crippen LogP contribution in [0.4, 0.5) is 5.69 Å². The van der Waals surface area contributed by atoms with Gasteiger partial charge in [0, 0.05) is 13.0 Å². The van der Waals surface area contributed by atoms with Gasteiger partial charge in [0.2, 0.25) is 11.8 Å². The molecular weight excluding hydrogens is 268 g/mol. The molecule has 0 aromatic heterocycles. The fraction of sp³-hybridized carbons (Fsp3) is 0.500. The summed E-state index contributed by atoms with van der Waals surface area (Å²) in [6, 6.07) is 7.57. The van der Waals surface area contributed by atoms with E-state index in [2.05, 4.69) is 5.32 Å². The van der Waals surface area contributed by atoms with Crippen molar-refractivity contribution in [2.24, 2.45) is 0 Å². The van der Waals surface area contributed by atoms with Crippen molar-refractivity contribution in [1.29, 1.82) is 0 Å². The van der Waals surface area contributed by atoms with Crippen LogP contribution in [0.25, 0.3) is 0 Å². The zero-order valence-electron chi connectivity index (χ0n) is 12.8. The molecule has 21 heavy (non-hydrogen) atoms. The molecule has 114 valence electrons. The Hall–Kier alpha value is -2.04. The van der Waals surface area contributed by atoms with Crippen LogP contribution < -0.4 is 15.0 Å². The largest absolute Gasteiger partial charge is 0.489 e. The van der Waals surface area contributed by atoms with Crippen molar-refractivity contribution in [3.8, 4) is 5.75 Å². The summed E-state index contributed by atoms with van der Waals surface area (Å²) < 4.78 is 5.73. The van der Waals surface area contributed by atoms with Gasteiger partial charge in [-0.2, -0.15) is 0 Å². The molecule has 0 atom stereocenters. The van der Waals surface area contributed by atoms with Gasteiger partial charge >= 0.3 is 0 Å². The highest BCUT2D eigenvalue weighted by molar-refractivity contribution is 5.98. The van der Waals surface area contributed by atoms with Crippen molar-refractivity contribution < 1.29 is 14.3 Å². The molecule has 0 spiro atoms. The van der Waals surface area contributed by atoms with Crippen LogP contribution >= 0.6 is 0 Å². The standard InChI is InChI=1S/C16H22N2O3/c1-11(2)21-15-7-5-4-6-14(15)18(12(3)19)10-16(20)17-13-8-9-13/h4-7,11,13H,8-10H2,1-3H3,(H,17,20). The highest BCUT2D eigenvalue weighted by atomic mass is 16.5. The highest BCUT2D eigenvalue weighted by Gasteiger charge is 2.26. The van der Waals surface area contributed by atoms with Crippen LogP contribution in [0.2, 0.25) is 0 Å². The predicted octanol–water partition coefficient (Wildman–Crippen LogP) is 2.11. The first-order valence-electron chi connectivity index (χ1n) is 7.30. The van der Waals surface area contributed by atoms with Gasteiger partial charge in [-0.1, -0.05) is 12.1 Å². The second kappa shape index (κ2) is 6.61. The van der Waals surface area contributed by atoms with Crippen molar-refractivity contribution in [2.75, 3.05) is 11.4 Å². The molecule has 1 aliphatic rings. The van der Waals surface area contributed by atoms with Crippen molar-refractivity contribution in [1.82, 2.24) is 5.32 Å². The van der Waals surface area contributed by atoms with Crippen molar-refractivity contribution in [3.05, 3.63) is 24.3 Å². The first kappa shape index (κ1) is 15.4. The number of para-hydroxylation sites is 2. The minimum atomic E-state index is -0.180. The summed E-state index contributed by atoms with van der Waals surface area (Å²) in [7, 11) is 0. The van der Waals surface area contributed by atoms with Gasteiger partial charge in [0.15, 0.2) is 0 Å². The van der Waals surface area contributed by atoms with Gasteiger partial charge in [0.25, 0.3) is 0 Å². The second-order valence-corrected chi connectivity index (χ2v) is 5.58. The van der Waals surface area contributed by atoms with E-state index in [-0.39, 0.29) is 30.5 Å². The Kier molecular flexibility index (Phi) is 4.83. The van der Waals surface area contributed by atoms with Crippen LogP contribution in [0.15, 0.2) is 24.3 Å². The molecule has 0 saturated heterocycles. The summed E-state index contributed by atoms with van der Waals surface area (Å²) in [4.78, 5) is 25.3. The molecule has 0 radical (unpaired) electrons. The van der Waals surface area contributed by atoms with E-state index in [1.807, 2.05) is 32.0 Å². The summed E-state index contributed by atoms with van der Waals surface area (Å²) in [5.41, 5.74) is 0.629. The first-order valence-corrected chi connectivity index (χ1v) is 7.30. The van der Waals surface area contributed by atoms with E-state index in [4.69, 9.17) is 4.74 Å². The Morgan fingerprint density at radius 1 is 1.33 bits per heavy atom. The third-order valence-corrected chi connectivity index (χ3v) is 3.14. The van der Waals surface area contributed by atoms with Crippen LogP contribution in [-0.4, -0.2) is 30.5 Å². The smallest absolute Gasteiger partial charge is 0.240 e. The molecule has 2 amide bonds. The lowest BCUT2D eigenvalue weighted by Gasteiger charge is -2.24. The average Bonchev–Trinajstić information content (AvgIpc) is 3.20. The minimum Gasteiger partial charge on any atom is -0.489 e. The maximum Gasteiger partial charge on any atom is 0.240 e. The zero-order valence-corrected chi connectivity index (χ0v) is 12.8. The lowest BCUT2D eigenvalue weighted by molar-refractivity contribution is -0.123. The van der Waals surface area contributed by atoms with Crippen molar-refractivity contribution in [3.63, 3.8) is 0 Å². The van der Waals surface area contributed by atoms with Crippen LogP contribution in [0, 0.1) is 0 Å². The Labute approximate surface area is 125 Å². The number of carbonyl (C=O) groups excluding carboxylic acids is 2. The summed E-state index contributed by atoms with van der Waals surface area (Å²) in [6.07, 6.45) is 2.05. The molecule has 0 bridgehead atoms. The van der Waals surface area contributed by atoms with Gasteiger partial charge in [0.1, 0.15) is 12.3 Å². The topological polar surface area (TPSA) is 58.6 Å². The van der Waals surface area contributed by atoms with E-state index in [0.29, 0.717) is 11.4 Å². The van der Waals surface area contributed by atoms with Gasteiger partial charge in [-0.3, -0.25) is 14.5 Å². The molecule has 1 fully saturated rings. The maximum atomic E-state index is 12.0. The van der Waals surface area contributed by atoms with Gasteiger partial charge in [0.05, 0.1) is 11.8 Å². The quantitative estimate of drug-likeness (QED) is 0.873. The summed E-state index contributed by atoms with van der Waals surface area (Å²) >= 11 is 0. The monoisotopic (exact) mass is 290 g/mol. The first-order chi connectivity index (χ1) is 9.97. The number of carbonyl (C=O) groups is 2. The van der Waals surface area contributed by atoms with E-state index in [1.54, 1.807) is 6.07 Å². The van der Waals surface area contributed by atoms with E-state index < -0.39 is 0 Å². The van der Waals surface area contributed by atoms with Crippen LogP contribution in [0.1, 0.15) is 33.6 Å². The summed E-state index contributed by atoms with van der Waals surface area (Å²) in [5, 5.41) is 2.90. The number of ether oxygens (including phenoxy) is 1. The minimum absolute atomic E-state index is 0.000230. The lowest BCUT2D eigenvalue weighted by Crippen LogP contribution is -2.40. The number of anilines is 1. The maximum absolute atomic E-state index is 12.0. The molecule has 1 aromatic rings. The highest BCUT2D eigenvalue weighted by Crippen LogP contribution is 2.29. The van der Waals surface area contributed by atoms with Gasteiger partial charge in [-0.15, -0.1) is 0 Å². The Morgan fingerprint density at radius 3 is 2.57 bits per heavy atom. The van der Waals surface area contributed by atoms with E-state index in [1.165, 1.54) is 11.8 Å². The number of hydrogen-bond acceptors (Lipinski definition) is 3. The fourth-order valence-electron chi connectivity index (χ4n) is 2.04. The third-order valence-electron chi connectivity index (χ3n) is 3.14. The molecule has 1 saturated carbocycles. The molecule has 1 N–H and O–H groups in total. The molecule has 0 heterocycles. The van der Waals surface area contributed by atoms with Crippen molar-refractivity contribution in [2.45, 2.75) is 45.8 Å². The molecule has 5 heteroatoms. The third kappa shape index (κ3) is 4.48. The molecule has 0 aliphatic heterocycles. The Bertz CT molecular complexity index is 524. The molecule has 2 rings (SSSR count). The SMILES string of the molecule is CC(=O)N(CC(=O)NC1CC1)c1ccccc1OC(C)C. The number of nitrogens with one attached hydrogen (secondary N) is 1. The number of amides is 2. The Balaban J connectivity index is 2.16. The Morgan fingerprint density at radius 2 is 2.00 bits per heavy atom.